The van der Waals surface area contributed by atoms with Crippen LogP contribution in [0.15, 0.2) is 72.8 Å². The molecule has 0 aliphatic heterocycles. The van der Waals surface area contributed by atoms with Crippen molar-refractivity contribution < 1.29 is 26.3 Å². The first kappa shape index (κ1) is 18.7. The van der Waals surface area contributed by atoms with Gasteiger partial charge in [0.15, 0.2) is 0 Å². The molecule has 0 saturated carbocycles. The molecule has 4 aromatic carbocycles. The summed E-state index contributed by atoms with van der Waals surface area (Å²) >= 11 is 0. The molecule has 0 bridgehead atoms. The molecule has 1 aliphatic carbocycles. The Morgan fingerprint density at radius 2 is 0.900 bits per heavy atom. The van der Waals surface area contributed by atoms with Crippen molar-refractivity contribution in [1.29, 1.82) is 0 Å². The molecule has 0 nitrogen and oxygen atoms in total. The summed E-state index contributed by atoms with van der Waals surface area (Å²) < 4.78 is 82.3. The number of fused-ring (bicyclic) bond motifs is 3. The topological polar surface area (TPSA) is 0 Å². The van der Waals surface area contributed by atoms with Crippen LogP contribution in [0.4, 0.5) is 26.3 Å². The molecule has 0 unspecified atom stereocenters. The molecule has 0 spiro atoms. The second-order valence-corrected chi connectivity index (χ2v) is 7.16. The van der Waals surface area contributed by atoms with Gasteiger partial charge in [-0.05, 0) is 50.7 Å². The van der Waals surface area contributed by atoms with Crippen molar-refractivity contribution in [3.05, 3.63) is 83.9 Å². The fourth-order valence-electron chi connectivity index (χ4n) is 4.34. The molecule has 30 heavy (non-hydrogen) atoms. The summed E-state index contributed by atoms with van der Waals surface area (Å²) in [4.78, 5) is 0. The van der Waals surface area contributed by atoms with E-state index in [1.807, 2.05) is 30.3 Å². The number of halogens is 6. The maximum Gasteiger partial charge on any atom is 0.417 e. The van der Waals surface area contributed by atoms with E-state index in [1.54, 1.807) is 18.2 Å². The van der Waals surface area contributed by atoms with Crippen molar-refractivity contribution in [2.75, 3.05) is 0 Å². The van der Waals surface area contributed by atoms with Gasteiger partial charge in [-0.25, -0.2) is 0 Å². The summed E-state index contributed by atoms with van der Waals surface area (Å²) in [6.07, 6.45) is -9.86. The third-order valence-corrected chi connectivity index (χ3v) is 5.49. The standard InChI is InChI=1S/C24H12F6/c25-23(26,27)19-9-4-10-20(24(28,29)30)22(19)18-12-11-17-14-6-2-1-5-13(14)15-7-3-8-16(18)21(15)17/h1-12H. The van der Waals surface area contributed by atoms with Crippen molar-refractivity contribution in [3.8, 4) is 33.4 Å². The third-order valence-electron chi connectivity index (χ3n) is 5.49. The SMILES string of the molecule is FC(F)(F)c1cccc(C(F)(F)F)c1-c1ccc2c3c(cccc13)-c1ccccc1-2. The summed E-state index contributed by atoms with van der Waals surface area (Å²) in [7, 11) is 0. The van der Waals surface area contributed by atoms with Gasteiger partial charge >= 0.3 is 12.4 Å². The van der Waals surface area contributed by atoms with Gasteiger partial charge in [0.1, 0.15) is 0 Å². The first-order valence-electron chi connectivity index (χ1n) is 9.11. The number of hydrogen-bond donors (Lipinski definition) is 0. The molecule has 4 aromatic rings. The van der Waals surface area contributed by atoms with Crippen molar-refractivity contribution in [2.45, 2.75) is 12.4 Å². The van der Waals surface area contributed by atoms with E-state index in [4.69, 9.17) is 0 Å². The average molecular weight is 414 g/mol. The minimum Gasteiger partial charge on any atom is -0.166 e. The van der Waals surface area contributed by atoms with E-state index in [0.29, 0.717) is 22.9 Å². The Hall–Kier alpha value is -3.28. The minimum absolute atomic E-state index is 0.0799. The van der Waals surface area contributed by atoms with Gasteiger partial charge in [0.05, 0.1) is 11.1 Å². The Balaban J connectivity index is 1.91. The number of rotatable bonds is 1. The summed E-state index contributed by atoms with van der Waals surface area (Å²) in [5.41, 5.74) is -0.0790. The van der Waals surface area contributed by atoms with E-state index < -0.39 is 29.0 Å². The predicted molar refractivity (Wildman–Crippen MR) is 104 cm³/mol. The first-order chi connectivity index (χ1) is 14.2. The predicted octanol–water partition coefficient (Wildman–Crippen LogP) is 8.19. The fraction of sp³-hybridized carbons (Fsp3) is 0.0833. The van der Waals surface area contributed by atoms with Gasteiger partial charge in [-0.1, -0.05) is 60.7 Å². The van der Waals surface area contributed by atoms with Gasteiger partial charge < -0.3 is 0 Å². The number of hydrogen-bond acceptors (Lipinski definition) is 0. The average Bonchev–Trinajstić information content (AvgIpc) is 3.02. The van der Waals surface area contributed by atoms with Gasteiger partial charge in [-0.3, -0.25) is 0 Å². The van der Waals surface area contributed by atoms with Gasteiger partial charge in [0.25, 0.3) is 0 Å². The van der Waals surface area contributed by atoms with Crippen LogP contribution >= 0.6 is 0 Å². The van der Waals surface area contributed by atoms with Crippen LogP contribution in [-0.4, -0.2) is 0 Å². The van der Waals surface area contributed by atoms with E-state index in [9.17, 15) is 26.3 Å². The molecule has 0 heterocycles. The second-order valence-electron chi connectivity index (χ2n) is 7.16. The van der Waals surface area contributed by atoms with Crippen molar-refractivity contribution in [2.24, 2.45) is 0 Å². The molecule has 5 rings (SSSR count). The molecule has 0 saturated heterocycles. The lowest BCUT2D eigenvalue weighted by Crippen LogP contribution is -2.14. The largest absolute Gasteiger partial charge is 0.417 e. The molecular formula is C24H12F6. The van der Waals surface area contributed by atoms with Crippen LogP contribution in [0.2, 0.25) is 0 Å². The molecule has 0 atom stereocenters. The van der Waals surface area contributed by atoms with Crippen LogP contribution in [0, 0.1) is 0 Å². The lowest BCUT2D eigenvalue weighted by Gasteiger charge is -2.20. The monoisotopic (exact) mass is 414 g/mol. The Morgan fingerprint density at radius 3 is 1.47 bits per heavy atom. The Morgan fingerprint density at radius 1 is 0.433 bits per heavy atom. The third kappa shape index (κ3) is 2.63. The first-order valence-corrected chi connectivity index (χ1v) is 9.11. The highest BCUT2D eigenvalue weighted by Crippen LogP contribution is 2.52. The van der Waals surface area contributed by atoms with Crippen LogP contribution in [-0.2, 0) is 12.4 Å². The molecular weight excluding hydrogens is 402 g/mol. The van der Waals surface area contributed by atoms with E-state index in [0.717, 1.165) is 28.3 Å². The summed E-state index contributed by atoms with van der Waals surface area (Å²) in [6.45, 7) is 0. The summed E-state index contributed by atoms with van der Waals surface area (Å²) in [6, 6.07) is 17.7. The normalized spacial score (nSPS) is 13.0. The summed E-state index contributed by atoms with van der Waals surface area (Å²) in [5, 5.41) is 1.03. The molecule has 150 valence electrons. The highest BCUT2D eigenvalue weighted by Gasteiger charge is 2.41. The van der Waals surface area contributed by atoms with Crippen molar-refractivity contribution in [1.82, 2.24) is 0 Å². The Kier molecular flexibility index (Phi) is 3.81. The van der Waals surface area contributed by atoms with Crippen LogP contribution < -0.4 is 0 Å². The van der Waals surface area contributed by atoms with Crippen molar-refractivity contribution in [3.63, 3.8) is 0 Å². The lowest BCUT2D eigenvalue weighted by molar-refractivity contribution is -0.142. The minimum atomic E-state index is -4.93. The maximum absolute atomic E-state index is 13.7. The maximum atomic E-state index is 13.7. The molecule has 0 aromatic heterocycles. The Bertz CT molecular complexity index is 1250. The van der Waals surface area contributed by atoms with E-state index in [-0.39, 0.29) is 5.56 Å². The second kappa shape index (κ2) is 6.11. The van der Waals surface area contributed by atoms with Gasteiger partial charge in [-0.15, -0.1) is 0 Å². The molecule has 0 amide bonds. The van der Waals surface area contributed by atoms with E-state index in [1.165, 1.54) is 6.07 Å². The molecule has 6 heteroatoms. The quantitative estimate of drug-likeness (QED) is 0.243. The zero-order valence-corrected chi connectivity index (χ0v) is 15.2. The van der Waals surface area contributed by atoms with Crippen LogP contribution in [0.25, 0.3) is 44.2 Å². The van der Waals surface area contributed by atoms with E-state index in [2.05, 4.69) is 0 Å². The fourth-order valence-corrected chi connectivity index (χ4v) is 4.34. The molecule has 1 aliphatic rings. The van der Waals surface area contributed by atoms with Gasteiger partial charge in [0, 0.05) is 5.56 Å². The van der Waals surface area contributed by atoms with Crippen LogP contribution in [0.1, 0.15) is 11.1 Å². The van der Waals surface area contributed by atoms with E-state index >= 15 is 0 Å². The zero-order valence-electron chi connectivity index (χ0n) is 15.2. The molecule has 0 N–H and O–H groups in total. The highest BCUT2D eigenvalue weighted by atomic mass is 19.4. The summed E-state index contributed by atoms with van der Waals surface area (Å²) in [5.74, 6) is 0. The molecule has 0 fully saturated rings. The smallest absolute Gasteiger partial charge is 0.166 e. The zero-order chi connectivity index (χ0) is 21.3. The van der Waals surface area contributed by atoms with Gasteiger partial charge in [-0.2, -0.15) is 26.3 Å². The van der Waals surface area contributed by atoms with Crippen molar-refractivity contribution >= 4 is 10.8 Å². The van der Waals surface area contributed by atoms with Gasteiger partial charge in [0.2, 0.25) is 0 Å². The highest BCUT2D eigenvalue weighted by molar-refractivity contribution is 6.18. The Labute approximate surface area is 167 Å². The molecule has 0 radical (unpaired) electrons. The number of benzene rings is 4. The van der Waals surface area contributed by atoms with Crippen LogP contribution in [0.5, 0.6) is 0 Å². The lowest BCUT2D eigenvalue weighted by atomic mass is 9.88. The van der Waals surface area contributed by atoms with Crippen LogP contribution in [0.3, 0.4) is 0 Å². The number of alkyl halides is 6.